The molecule has 1 spiro atoms. The van der Waals surface area contributed by atoms with Crippen LogP contribution >= 0.6 is 0 Å². The van der Waals surface area contributed by atoms with E-state index in [1.807, 2.05) is 12.1 Å². The van der Waals surface area contributed by atoms with Gasteiger partial charge in [-0.2, -0.15) is 0 Å². The second kappa shape index (κ2) is 13.4. The smallest absolute Gasteiger partial charge is 0.317 e. The number of nitrogens with zero attached hydrogens (tertiary/aromatic N) is 2. The molecule has 5 heteroatoms. The average molecular weight is 579 g/mol. The molecule has 43 heavy (non-hydrogen) atoms. The third-order valence-electron chi connectivity index (χ3n) is 10.2. The van der Waals surface area contributed by atoms with Crippen LogP contribution in [-0.4, -0.2) is 53.8 Å². The first-order valence-corrected chi connectivity index (χ1v) is 16.4. The Balaban J connectivity index is 1.18. The number of allylic oxidation sites excluding steroid dienone is 1. The Morgan fingerprint density at radius 2 is 1.37 bits per heavy atom. The molecular weight excluding hydrogens is 532 g/mol. The van der Waals surface area contributed by atoms with E-state index in [0.29, 0.717) is 11.2 Å². The summed E-state index contributed by atoms with van der Waals surface area (Å²) in [7, 11) is 0. The molecule has 0 atom stereocenters. The SMILES string of the molecule is O=C(O)CN1CCCC2(CCC1)CCCN(c1ccc(C3=C(c4ccccc4)CCCc4cc(O)ccc43)cc1)CCC2. The standard InChI is InChI=1S/C38H46N2O3/c41-33-17-18-35-31(27-33)11-4-12-34(29-9-2-1-3-10-29)37(35)30-13-15-32(16-14-30)40-25-7-21-38(22-8-26-40)19-5-23-39(24-6-20-38)28-36(42)43/h1-3,9-10,13-18,27,41H,4-8,11-12,19-26,28H2,(H,42,43). The number of hydrogen-bond donors (Lipinski definition) is 2. The van der Waals surface area contributed by atoms with Gasteiger partial charge < -0.3 is 15.1 Å². The lowest BCUT2D eigenvalue weighted by molar-refractivity contribution is -0.138. The second-order valence-electron chi connectivity index (χ2n) is 13.0. The van der Waals surface area contributed by atoms with Crippen LogP contribution < -0.4 is 4.90 Å². The van der Waals surface area contributed by atoms with E-state index in [1.54, 1.807) is 0 Å². The number of anilines is 1. The second-order valence-corrected chi connectivity index (χ2v) is 13.0. The first-order chi connectivity index (χ1) is 21.0. The number of aliphatic carboxylic acids is 1. The van der Waals surface area contributed by atoms with E-state index in [9.17, 15) is 15.0 Å². The highest BCUT2D eigenvalue weighted by atomic mass is 16.4. The van der Waals surface area contributed by atoms with E-state index in [-0.39, 0.29) is 6.54 Å². The fourth-order valence-corrected chi connectivity index (χ4v) is 8.10. The minimum absolute atomic E-state index is 0.182. The summed E-state index contributed by atoms with van der Waals surface area (Å²) >= 11 is 0. The number of phenols is 1. The fraction of sp³-hybridized carbons (Fsp3) is 0.447. The molecular formula is C38H46N2O3. The van der Waals surface area contributed by atoms with Crippen LogP contribution in [0, 0.1) is 5.41 Å². The Hall–Kier alpha value is -3.57. The van der Waals surface area contributed by atoms with Crippen molar-refractivity contribution < 1.29 is 15.0 Å². The number of phenolic OH excluding ortho intramolecular Hbond substituents is 1. The molecule has 3 aromatic rings. The summed E-state index contributed by atoms with van der Waals surface area (Å²) in [5, 5.41) is 19.4. The third-order valence-corrected chi connectivity index (χ3v) is 10.2. The van der Waals surface area contributed by atoms with Crippen LogP contribution in [0.3, 0.4) is 0 Å². The number of carbonyl (C=O) groups is 1. The Morgan fingerprint density at radius 3 is 2.02 bits per heavy atom. The van der Waals surface area contributed by atoms with Gasteiger partial charge in [0.05, 0.1) is 6.54 Å². The number of aromatic hydroxyl groups is 1. The van der Waals surface area contributed by atoms with E-state index in [2.05, 4.69) is 70.5 Å². The lowest BCUT2D eigenvalue weighted by Gasteiger charge is -2.41. The Kier molecular flexibility index (Phi) is 9.18. The molecule has 1 aliphatic carbocycles. The lowest BCUT2D eigenvalue weighted by atomic mass is 9.70. The number of benzene rings is 3. The number of rotatable bonds is 5. The van der Waals surface area contributed by atoms with Gasteiger partial charge in [0.15, 0.2) is 0 Å². The monoisotopic (exact) mass is 578 g/mol. The Morgan fingerprint density at radius 1 is 0.721 bits per heavy atom. The van der Waals surface area contributed by atoms with Gasteiger partial charge in [0, 0.05) is 18.8 Å². The van der Waals surface area contributed by atoms with Crippen LogP contribution in [0.1, 0.15) is 86.5 Å². The lowest BCUT2D eigenvalue weighted by Crippen LogP contribution is -2.37. The van der Waals surface area contributed by atoms with Crippen LogP contribution in [0.25, 0.3) is 11.1 Å². The normalized spacial score (nSPS) is 20.0. The van der Waals surface area contributed by atoms with Crippen LogP contribution in [-0.2, 0) is 11.2 Å². The van der Waals surface area contributed by atoms with Crippen molar-refractivity contribution >= 4 is 22.8 Å². The summed E-state index contributed by atoms with van der Waals surface area (Å²) in [6.45, 7) is 4.20. The molecule has 3 aromatic carbocycles. The summed E-state index contributed by atoms with van der Waals surface area (Å²) in [6.07, 6.45) is 12.7. The van der Waals surface area contributed by atoms with Gasteiger partial charge in [0.2, 0.25) is 0 Å². The molecule has 2 heterocycles. The number of likely N-dealkylation sites (tertiary alicyclic amines) is 1. The molecule has 2 fully saturated rings. The summed E-state index contributed by atoms with van der Waals surface area (Å²) in [4.78, 5) is 15.9. The molecule has 2 saturated heterocycles. The Bertz CT molecular complexity index is 1410. The highest BCUT2D eigenvalue weighted by Gasteiger charge is 2.32. The van der Waals surface area contributed by atoms with Crippen molar-refractivity contribution in [2.45, 2.75) is 70.6 Å². The molecule has 0 radical (unpaired) electrons. The number of fused-ring (bicyclic) bond motifs is 1. The molecule has 0 bridgehead atoms. The maximum atomic E-state index is 11.2. The van der Waals surface area contributed by atoms with Gasteiger partial charge in [0.1, 0.15) is 5.75 Å². The first-order valence-electron chi connectivity index (χ1n) is 16.4. The van der Waals surface area contributed by atoms with Crippen molar-refractivity contribution in [3.63, 3.8) is 0 Å². The van der Waals surface area contributed by atoms with Gasteiger partial charge in [-0.25, -0.2) is 0 Å². The van der Waals surface area contributed by atoms with Crippen molar-refractivity contribution in [2.24, 2.45) is 5.41 Å². The summed E-state index contributed by atoms with van der Waals surface area (Å²) in [6, 6.07) is 25.9. The van der Waals surface area contributed by atoms with Crippen LogP contribution in [0.15, 0.2) is 72.8 Å². The zero-order valence-electron chi connectivity index (χ0n) is 25.4. The third kappa shape index (κ3) is 6.99. The van der Waals surface area contributed by atoms with E-state index in [0.717, 1.165) is 58.3 Å². The number of hydrogen-bond acceptors (Lipinski definition) is 4. The summed E-state index contributed by atoms with van der Waals surface area (Å²) in [5.74, 6) is -0.364. The molecule has 2 aliphatic heterocycles. The molecule has 0 amide bonds. The summed E-state index contributed by atoms with van der Waals surface area (Å²) in [5.41, 5.74) is 9.43. The molecule has 0 saturated carbocycles. The van der Waals surface area contributed by atoms with Gasteiger partial charge in [-0.15, -0.1) is 0 Å². The average Bonchev–Trinajstić information content (AvgIpc) is 3.17. The van der Waals surface area contributed by atoms with Crippen molar-refractivity contribution in [3.05, 3.63) is 95.1 Å². The predicted molar refractivity (Wildman–Crippen MR) is 176 cm³/mol. The van der Waals surface area contributed by atoms with Gasteiger partial charge >= 0.3 is 5.97 Å². The van der Waals surface area contributed by atoms with Gasteiger partial charge in [-0.05, 0) is 147 Å². The quantitative estimate of drug-likeness (QED) is 0.321. The van der Waals surface area contributed by atoms with Crippen molar-refractivity contribution in [1.82, 2.24) is 4.90 Å². The van der Waals surface area contributed by atoms with E-state index < -0.39 is 5.97 Å². The molecule has 0 unspecified atom stereocenters. The van der Waals surface area contributed by atoms with Gasteiger partial charge in [0.25, 0.3) is 0 Å². The highest BCUT2D eigenvalue weighted by molar-refractivity contribution is 6.00. The zero-order chi connectivity index (χ0) is 29.6. The van der Waals surface area contributed by atoms with Crippen molar-refractivity contribution in [2.75, 3.05) is 37.6 Å². The maximum Gasteiger partial charge on any atom is 0.317 e. The molecule has 5 nitrogen and oxygen atoms in total. The minimum Gasteiger partial charge on any atom is -0.508 e. The molecule has 0 aromatic heterocycles. The summed E-state index contributed by atoms with van der Waals surface area (Å²) < 4.78 is 0. The Labute approximate surface area is 256 Å². The van der Waals surface area contributed by atoms with Crippen molar-refractivity contribution in [1.29, 1.82) is 0 Å². The molecule has 6 rings (SSSR count). The predicted octanol–water partition coefficient (Wildman–Crippen LogP) is 8.02. The van der Waals surface area contributed by atoms with Crippen molar-refractivity contribution in [3.8, 4) is 5.75 Å². The number of carboxylic acid groups (broad SMARTS) is 1. The largest absolute Gasteiger partial charge is 0.508 e. The van der Waals surface area contributed by atoms with Crippen LogP contribution in [0.2, 0.25) is 0 Å². The first kappa shape index (κ1) is 29.5. The van der Waals surface area contributed by atoms with E-state index >= 15 is 0 Å². The maximum absolute atomic E-state index is 11.2. The van der Waals surface area contributed by atoms with Gasteiger partial charge in [-0.3, -0.25) is 9.69 Å². The molecule has 3 aliphatic rings. The zero-order valence-corrected chi connectivity index (χ0v) is 25.4. The molecule has 2 N–H and O–H groups in total. The minimum atomic E-state index is -0.706. The topological polar surface area (TPSA) is 64.0 Å². The van der Waals surface area contributed by atoms with E-state index in [1.165, 1.54) is 77.6 Å². The number of aryl methyl sites for hydroxylation is 1. The van der Waals surface area contributed by atoms with Crippen LogP contribution in [0.4, 0.5) is 5.69 Å². The highest BCUT2D eigenvalue weighted by Crippen LogP contribution is 2.43. The van der Waals surface area contributed by atoms with E-state index in [4.69, 9.17) is 0 Å². The molecule has 226 valence electrons. The van der Waals surface area contributed by atoms with Gasteiger partial charge in [-0.1, -0.05) is 48.5 Å². The fourth-order valence-electron chi connectivity index (χ4n) is 8.10. The van der Waals surface area contributed by atoms with Crippen LogP contribution in [0.5, 0.6) is 5.75 Å². The number of carboxylic acids is 1.